The van der Waals surface area contributed by atoms with E-state index in [-0.39, 0.29) is 11.9 Å². The molecule has 2 heterocycles. The summed E-state index contributed by atoms with van der Waals surface area (Å²) in [7, 11) is 0. The molecule has 1 amide bonds. The Morgan fingerprint density at radius 1 is 1.30 bits per heavy atom. The highest BCUT2D eigenvalue weighted by Gasteiger charge is 2.13. The van der Waals surface area contributed by atoms with Crippen molar-refractivity contribution >= 4 is 5.91 Å². The highest BCUT2D eigenvalue weighted by molar-refractivity contribution is 5.94. The highest BCUT2D eigenvalue weighted by atomic mass is 16.1. The van der Waals surface area contributed by atoms with Crippen LogP contribution < -0.4 is 5.32 Å². The Morgan fingerprint density at radius 2 is 2.04 bits per heavy atom. The molecule has 0 radical (unpaired) electrons. The molecule has 0 unspecified atom stereocenters. The summed E-state index contributed by atoms with van der Waals surface area (Å²) in [5, 5.41) is 16.4. The number of hydrogen-bond acceptors (Lipinski definition) is 5. The number of hydrogen-bond donors (Lipinski definition) is 1. The molecule has 0 aliphatic heterocycles. The van der Waals surface area contributed by atoms with Crippen LogP contribution >= 0.6 is 0 Å². The fourth-order valence-electron chi connectivity index (χ4n) is 2.93. The van der Waals surface area contributed by atoms with Crippen LogP contribution in [0.5, 0.6) is 0 Å². The standard InChI is InChI=1S/C20H20N6O/c1-13-8-14(2)24-19(18(13)9-21)16-4-6-17(7-5-16)20(27)25-15(3)10-26-12-22-11-23-26/h4-8,11-12,15H,10H2,1-3H3,(H,25,27)/t15-/m0/s1. The highest BCUT2D eigenvalue weighted by Crippen LogP contribution is 2.24. The number of nitrogens with zero attached hydrogens (tertiary/aromatic N) is 5. The van der Waals surface area contributed by atoms with E-state index in [4.69, 9.17) is 0 Å². The van der Waals surface area contributed by atoms with Gasteiger partial charge in [0.1, 0.15) is 18.7 Å². The monoisotopic (exact) mass is 360 g/mol. The molecule has 3 aromatic rings. The quantitative estimate of drug-likeness (QED) is 0.754. The lowest BCUT2D eigenvalue weighted by molar-refractivity contribution is 0.0936. The number of nitrogens with one attached hydrogen (secondary N) is 1. The van der Waals surface area contributed by atoms with Crippen LogP contribution in [0, 0.1) is 25.2 Å². The second-order valence-electron chi connectivity index (χ2n) is 6.49. The molecule has 1 atom stereocenters. The first-order valence-corrected chi connectivity index (χ1v) is 8.60. The van der Waals surface area contributed by atoms with Crippen molar-refractivity contribution in [1.82, 2.24) is 25.1 Å². The number of amides is 1. The fourth-order valence-corrected chi connectivity index (χ4v) is 2.93. The molecule has 0 saturated heterocycles. The predicted octanol–water partition coefficient (Wildman–Crippen LogP) is 2.65. The minimum atomic E-state index is -0.164. The SMILES string of the molecule is Cc1cc(C)c(C#N)c(-c2ccc(C(=O)N[C@@H](C)Cn3cncn3)cc2)n1. The normalized spacial score (nSPS) is 11.6. The zero-order valence-electron chi connectivity index (χ0n) is 15.5. The van der Waals surface area contributed by atoms with Crippen molar-refractivity contribution in [3.63, 3.8) is 0 Å². The Labute approximate surface area is 157 Å². The van der Waals surface area contributed by atoms with Crippen LogP contribution in [-0.2, 0) is 6.54 Å². The first-order valence-electron chi connectivity index (χ1n) is 8.60. The van der Waals surface area contributed by atoms with Gasteiger partial charge < -0.3 is 5.32 Å². The lowest BCUT2D eigenvalue weighted by Gasteiger charge is -2.14. The van der Waals surface area contributed by atoms with Crippen molar-refractivity contribution in [2.45, 2.75) is 33.4 Å². The Morgan fingerprint density at radius 3 is 2.67 bits per heavy atom. The van der Waals surface area contributed by atoms with Crippen LogP contribution in [0.4, 0.5) is 0 Å². The molecule has 0 fully saturated rings. The van der Waals surface area contributed by atoms with E-state index < -0.39 is 0 Å². The summed E-state index contributed by atoms with van der Waals surface area (Å²) >= 11 is 0. The second kappa shape index (κ2) is 7.79. The minimum absolute atomic E-state index is 0.0924. The van der Waals surface area contributed by atoms with Gasteiger partial charge in [-0.2, -0.15) is 10.4 Å². The summed E-state index contributed by atoms with van der Waals surface area (Å²) in [6.07, 6.45) is 3.07. The van der Waals surface area contributed by atoms with Crippen molar-refractivity contribution in [2.24, 2.45) is 0 Å². The third-order valence-electron chi connectivity index (χ3n) is 4.18. The van der Waals surface area contributed by atoms with Gasteiger partial charge >= 0.3 is 0 Å². The fraction of sp³-hybridized carbons (Fsp3) is 0.250. The van der Waals surface area contributed by atoms with Crippen LogP contribution in [0.15, 0.2) is 43.0 Å². The van der Waals surface area contributed by atoms with Gasteiger partial charge in [0.25, 0.3) is 5.91 Å². The van der Waals surface area contributed by atoms with Gasteiger partial charge in [-0.15, -0.1) is 0 Å². The smallest absolute Gasteiger partial charge is 0.251 e. The number of nitriles is 1. The maximum absolute atomic E-state index is 12.4. The van der Waals surface area contributed by atoms with Crippen molar-refractivity contribution < 1.29 is 4.79 Å². The maximum atomic E-state index is 12.4. The van der Waals surface area contributed by atoms with Gasteiger partial charge in [0.2, 0.25) is 0 Å². The molecule has 7 nitrogen and oxygen atoms in total. The third-order valence-corrected chi connectivity index (χ3v) is 4.18. The molecule has 1 aromatic carbocycles. The molecule has 2 aromatic heterocycles. The van der Waals surface area contributed by atoms with Gasteiger partial charge in [-0.25, -0.2) is 4.98 Å². The molecule has 0 aliphatic rings. The number of benzene rings is 1. The molecule has 0 spiro atoms. The van der Waals surface area contributed by atoms with Crippen LogP contribution in [-0.4, -0.2) is 31.7 Å². The Kier molecular flexibility index (Phi) is 5.27. The molecular formula is C20H20N6O. The Hall–Kier alpha value is -3.53. The Bertz CT molecular complexity index is 987. The van der Waals surface area contributed by atoms with Gasteiger partial charge in [0, 0.05) is 22.9 Å². The molecule has 1 N–H and O–H groups in total. The van der Waals surface area contributed by atoms with Crippen LogP contribution in [0.3, 0.4) is 0 Å². The first kappa shape index (κ1) is 18.3. The van der Waals surface area contributed by atoms with Crippen molar-refractivity contribution in [1.29, 1.82) is 5.26 Å². The van der Waals surface area contributed by atoms with E-state index in [1.165, 1.54) is 6.33 Å². The van der Waals surface area contributed by atoms with Gasteiger partial charge in [-0.1, -0.05) is 12.1 Å². The predicted molar refractivity (Wildman–Crippen MR) is 101 cm³/mol. The van der Waals surface area contributed by atoms with Gasteiger partial charge in [-0.05, 0) is 44.5 Å². The lowest BCUT2D eigenvalue weighted by Crippen LogP contribution is -2.35. The number of rotatable bonds is 5. The van der Waals surface area contributed by atoms with Gasteiger partial charge in [0.05, 0.1) is 17.8 Å². The number of aryl methyl sites for hydroxylation is 2. The second-order valence-corrected chi connectivity index (χ2v) is 6.49. The van der Waals surface area contributed by atoms with Crippen molar-refractivity contribution in [3.8, 4) is 17.3 Å². The van der Waals surface area contributed by atoms with E-state index in [2.05, 4.69) is 26.5 Å². The van der Waals surface area contributed by atoms with Crippen LogP contribution in [0.2, 0.25) is 0 Å². The summed E-state index contributed by atoms with van der Waals surface area (Å²) in [6.45, 7) is 6.25. The van der Waals surface area contributed by atoms with Crippen LogP contribution in [0.25, 0.3) is 11.3 Å². The van der Waals surface area contributed by atoms with E-state index >= 15 is 0 Å². The molecule has 0 aliphatic carbocycles. The van der Waals surface area contributed by atoms with E-state index in [9.17, 15) is 10.1 Å². The maximum Gasteiger partial charge on any atom is 0.251 e. The molecule has 0 bridgehead atoms. The summed E-state index contributed by atoms with van der Waals surface area (Å²) in [5.41, 5.74) is 4.30. The first-order chi connectivity index (χ1) is 13.0. The van der Waals surface area contributed by atoms with Crippen LogP contribution in [0.1, 0.15) is 34.1 Å². The van der Waals surface area contributed by atoms with Gasteiger partial charge in [-0.3, -0.25) is 14.5 Å². The number of aromatic nitrogens is 4. The number of pyridine rings is 1. The lowest BCUT2D eigenvalue weighted by atomic mass is 10.0. The van der Waals surface area contributed by atoms with E-state index in [1.807, 2.05) is 39.0 Å². The summed E-state index contributed by atoms with van der Waals surface area (Å²) in [6, 6.07) is 11.1. The third kappa shape index (κ3) is 4.18. The number of carbonyl (C=O) groups excluding carboxylic acids is 1. The van der Waals surface area contributed by atoms with Gasteiger partial charge in [0.15, 0.2) is 0 Å². The topological polar surface area (TPSA) is 96.5 Å². The van der Waals surface area contributed by atoms with E-state index in [1.54, 1.807) is 23.1 Å². The summed E-state index contributed by atoms with van der Waals surface area (Å²) < 4.78 is 1.67. The molecule has 7 heteroatoms. The molecule has 0 saturated carbocycles. The van der Waals surface area contributed by atoms with E-state index in [0.29, 0.717) is 23.4 Å². The average molecular weight is 360 g/mol. The summed E-state index contributed by atoms with van der Waals surface area (Å²) in [4.78, 5) is 20.8. The zero-order valence-corrected chi connectivity index (χ0v) is 15.5. The Balaban J connectivity index is 1.76. The minimum Gasteiger partial charge on any atom is -0.348 e. The van der Waals surface area contributed by atoms with Crippen molar-refractivity contribution in [2.75, 3.05) is 0 Å². The molecular weight excluding hydrogens is 340 g/mol. The largest absolute Gasteiger partial charge is 0.348 e. The molecule has 3 rings (SSSR count). The number of carbonyl (C=O) groups is 1. The average Bonchev–Trinajstić information content (AvgIpc) is 3.14. The van der Waals surface area contributed by atoms with E-state index in [0.717, 1.165) is 16.8 Å². The van der Waals surface area contributed by atoms with Crippen molar-refractivity contribution in [3.05, 3.63) is 65.4 Å². The summed E-state index contributed by atoms with van der Waals surface area (Å²) in [5.74, 6) is -0.164. The zero-order chi connectivity index (χ0) is 19.4. The molecule has 136 valence electrons. The molecule has 27 heavy (non-hydrogen) atoms.